The topological polar surface area (TPSA) is 90.6 Å². The van der Waals surface area contributed by atoms with Gasteiger partial charge in [-0.2, -0.15) is 0 Å². The van der Waals surface area contributed by atoms with E-state index in [1.54, 1.807) is 36.4 Å². The summed E-state index contributed by atoms with van der Waals surface area (Å²) in [6.45, 7) is 2.84. The summed E-state index contributed by atoms with van der Waals surface area (Å²) in [5.41, 5.74) is 2.22. The van der Waals surface area contributed by atoms with Crippen molar-refractivity contribution in [3.63, 3.8) is 0 Å². The highest BCUT2D eigenvalue weighted by Gasteiger charge is 2.15. The summed E-state index contributed by atoms with van der Waals surface area (Å²) < 4.78 is 34.4. The van der Waals surface area contributed by atoms with E-state index >= 15 is 0 Å². The number of sulfonamides is 1. The maximum absolute atomic E-state index is 11.4. The Morgan fingerprint density at radius 1 is 0.938 bits per heavy atom. The highest BCUT2D eigenvalue weighted by atomic mass is 35.5. The average Bonchev–Trinajstić information content (AvgIpc) is 2.73. The summed E-state index contributed by atoms with van der Waals surface area (Å²) in [6.07, 6.45) is 0. The van der Waals surface area contributed by atoms with Crippen molar-refractivity contribution in [1.82, 2.24) is 0 Å². The Balaban J connectivity index is 1.76. The van der Waals surface area contributed by atoms with Gasteiger partial charge < -0.3 is 14.8 Å². The number of anilines is 1. The third-order valence-corrected chi connectivity index (χ3v) is 6.39. The van der Waals surface area contributed by atoms with Crippen LogP contribution >= 0.6 is 34.8 Å². The third kappa shape index (κ3) is 6.21. The molecule has 0 heterocycles. The molecule has 32 heavy (non-hydrogen) atoms. The van der Waals surface area contributed by atoms with Gasteiger partial charge in [-0.3, -0.25) is 0 Å². The summed E-state index contributed by atoms with van der Waals surface area (Å²) >= 11 is 18.9. The molecule has 10 heteroatoms. The van der Waals surface area contributed by atoms with Crippen LogP contribution in [0.5, 0.6) is 11.5 Å². The molecule has 170 valence electrons. The lowest BCUT2D eigenvalue weighted by molar-refractivity contribution is 0.269. The van der Waals surface area contributed by atoms with Crippen LogP contribution in [0.2, 0.25) is 15.1 Å². The van der Waals surface area contributed by atoms with Crippen LogP contribution in [0.4, 0.5) is 5.69 Å². The fraction of sp³-hybridized carbons (Fsp3) is 0.182. The Labute approximate surface area is 202 Å². The van der Waals surface area contributed by atoms with Crippen LogP contribution in [0.3, 0.4) is 0 Å². The number of nitrogens with one attached hydrogen (secondary N) is 1. The van der Waals surface area contributed by atoms with E-state index < -0.39 is 10.0 Å². The van der Waals surface area contributed by atoms with Crippen LogP contribution in [0, 0.1) is 0 Å². The van der Waals surface area contributed by atoms with Gasteiger partial charge in [0.1, 0.15) is 6.61 Å². The Bertz CT molecular complexity index is 1180. The van der Waals surface area contributed by atoms with E-state index in [0.29, 0.717) is 45.3 Å². The van der Waals surface area contributed by atoms with Gasteiger partial charge in [-0.05, 0) is 61.0 Å². The number of primary sulfonamides is 1. The molecule has 3 aromatic carbocycles. The molecule has 3 rings (SSSR count). The van der Waals surface area contributed by atoms with Crippen molar-refractivity contribution in [2.24, 2.45) is 5.14 Å². The van der Waals surface area contributed by atoms with Gasteiger partial charge in [-0.25, -0.2) is 13.6 Å². The molecular weight excluding hydrogens is 495 g/mol. The van der Waals surface area contributed by atoms with Crippen molar-refractivity contribution < 1.29 is 17.9 Å². The second-order valence-corrected chi connectivity index (χ2v) is 9.53. The minimum Gasteiger partial charge on any atom is -0.490 e. The molecule has 3 N–H and O–H groups in total. The van der Waals surface area contributed by atoms with Crippen molar-refractivity contribution >= 4 is 50.5 Å². The second kappa shape index (κ2) is 10.6. The average molecular weight is 516 g/mol. The second-order valence-electron chi connectivity index (χ2n) is 6.75. The largest absolute Gasteiger partial charge is 0.490 e. The number of ether oxygens (including phenoxy) is 2. The molecule has 0 saturated heterocycles. The van der Waals surface area contributed by atoms with Crippen molar-refractivity contribution in [1.29, 1.82) is 0 Å². The van der Waals surface area contributed by atoms with Crippen LogP contribution in [-0.2, 0) is 23.2 Å². The number of hydrogen-bond acceptors (Lipinski definition) is 5. The zero-order valence-corrected chi connectivity index (χ0v) is 20.2. The lowest BCUT2D eigenvalue weighted by atomic mass is 10.2. The molecule has 0 aliphatic carbocycles. The fourth-order valence-corrected chi connectivity index (χ4v) is 4.22. The van der Waals surface area contributed by atoms with E-state index in [-0.39, 0.29) is 11.5 Å². The van der Waals surface area contributed by atoms with Gasteiger partial charge in [-0.1, -0.05) is 40.9 Å². The molecule has 0 bridgehead atoms. The lowest BCUT2D eigenvalue weighted by Crippen LogP contribution is -2.12. The van der Waals surface area contributed by atoms with E-state index in [1.165, 1.54) is 12.1 Å². The Hall–Kier alpha value is -2.16. The first-order chi connectivity index (χ1) is 15.2. The molecule has 0 fully saturated rings. The minimum absolute atomic E-state index is 0.0462. The Morgan fingerprint density at radius 3 is 2.19 bits per heavy atom. The zero-order valence-electron chi connectivity index (χ0n) is 17.1. The van der Waals surface area contributed by atoms with Gasteiger partial charge in [0.25, 0.3) is 0 Å². The number of nitrogens with two attached hydrogens (primary N) is 1. The highest BCUT2D eigenvalue weighted by molar-refractivity contribution is 7.89. The predicted octanol–water partition coefficient (Wildman–Crippen LogP) is 5.88. The van der Waals surface area contributed by atoms with E-state index in [1.807, 2.05) is 13.0 Å². The van der Waals surface area contributed by atoms with Crippen molar-refractivity contribution in [3.05, 3.63) is 80.8 Å². The summed E-state index contributed by atoms with van der Waals surface area (Å²) in [5, 5.41) is 9.70. The molecule has 6 nitrogen and oxygen atoms in total. The number of halogens is 3. The first-order valence-corrected chi connectivity index (χ1v) is 12.2. The number of hydrogen-bond donors (Lipinski definition) is 2. The van der Waals surface area contributed by atoms with E-state index in [4.69, 9.17) is 49.4 Å². The summed E-state index contributed by atoms with van der Waals surface area (Å²) in [7, 11) is -3.73. The van der Waals surface area contributed by atoms with Crippen molar-refractivity contribution in [2.45, 2.75) is 25.0 Å². The van der Waals surface area contributed by atoms with Crippen LogP contribution in [0.1, 0.15) is 18.1 Å². The molecule has 0 aliphatic heterocycles. The maximum Gasteiger partial charge on any atom is 0.238 e. The first kappa shape index (κ1) is 24.5. The highest BCUT2D eigenvalue weighted by Crippen LogP contribution is 2.38. The maximum atomic E-state index is 11.4. The summed E-state index contributed by atoms with van der Waals surface area (Å²) in [4.78, 5) is 0.0462. The quantitative estimate of drug-likeness (QED) is 0.371. The molecule has 0 unspecified atom stereocenters. The molecule has 0 radical (unpaired) electrons. The molecule has 0 atom stereocenters. The Kier molecular flexibility index (Phi) is 8.14. The van der Waals surface area contributed by atoms with Gasteiger partial charge in [0, 0.05) is 27.8 Å². The summed E-state index contributed by atoms with van der Waals surface area (Å²) in [5.74, 6) is 0.885. The van der Waals surface area contributed by atoms with Gasteiger partial charge >= 0.3 is 0 Å². The van der Waals surface area contributed by atoms with Crippen molar-refractivity contribution in [2.75, 3.05) is 11.9 Å². The SMILES string of the molecule is CCOc1cc(CNc2ccc(S(N)(=O)=O)cc2)cc(Cl)c1OCc1c(Cl)cccc1Cl. The van der Waals surface area contributed by atoms with Gasteiger partial charge in [0.2, 0.25) is 10.0 Å². The summed E-state index contributed by atoms with van der Waals surface area (Å²) in [6, 6.07) is 15.0. The molecule has 0 saturated carbocycles. The van der Waals surface area contributed by atoms with Crippen molar-refractivity contribution in [3.8, 4) is 11.5 Å². The standard InChI is InChI=1S/C22H21Cl3N2O4S/c1-2-30-21-11-14(12-27-15-6-8-16(9-7-15)32(26,28)29)10-20(25)22(21)31-13-17-18(23)4-3-5-19(17)24/h3-11,27H,2,12-13H2,1H3,(H2,26,28,29). The third-order valence-electron chi connectivity index (χ3n) is 4.47. The predicted molar refractivity (Wildman–Crippen MR) is 129 cm³/mol. The lowest BCUT2D eigenvalue weighted by Gasteiger charge is -2.17. The molecule has 0 amide bonds. The van der Waals surface area contributed by atoms with E-state index in [0.717, 1.165) is 11.3 Å². The Morgan fingerprint density at radius 2 is 1.59 bits per heavy atom. The zero-order chi connectivity index (χ0) is 23.3. The molecule has 3 aromatic rings. The number of benzene rings is 3. The van der Waals surface area contributed by atoms with Crippen LogP contribution in [-0.4, -0.2) is 15.0 Å². The molecule has 0 spiro atoms. The van der Waals surface area contributed by atoms with Gasteiger partial charge in [0.15, 0.2) is 11.5 Å². The minimum atomic E-state index is -3.73. The van der Waals surface area contributed by atoms with Crippen LogP contribution < -0.4 is 19.9 Å². The number of rotatable bonds is 9. The molecule has 0 aliphatic rings. The smallest absolute Gasteiger partial charge is 0.238 e. The molecular formula is C22H21Cl3N2O4S. The first-order valence-electron chi connectivity index (χ1n) is 9.56. The van der Waals surface area contributed by atoms with Crippen LogP contribution in [0.25, 0.3) is 0 Å². The normalized spacial score (nSPS) is 11.3. The van der Waals surface area contributed by atoms with Crippen LogP contribution in [0.15, 0.2) is 59.5 Å². The van der Waals surface area contributed by atoms with Gasteiger partial charge in [-0.15, -0.1) is 0 Å². The van der Waals surface area contributed by atoms with E-state index in [2.05, 4.69) is 5.32 Å². The van der Waals surface area contributed by atoms with E-state index in [9.17, 15) is 8.42 Å². The monoisotopic (exact) mass is 514 g/mol. The fourth-order valence-electron chi connectivity index (χ4n) is 2.91. The van der Waals surface area contributed by atoms with Gasteiger partial charge in [0.05, 0.1) is 16.5 Å². The molecule has 0 aromatic heterocycles.